The SMILES string of the molecule is O=C(CN1CC2CCC(C1)N2c1ccc(-c2noc(=O)[nH]2)cn1)N1CC=C(c2cccc3ccoc23)CC1. The minimum atomic E-state index is -0.583. The highest BCUT2D eigenvalue weighted by Gasteiger charge is 2.41. The molecule has 3 aliphatic rings. The lowest BCUT2D eigenvalue weighted by Gasteiger charge is -2.42. The van der Waals surface area contributed by atoms with Gasteiger partial charge in [0.2, 0.25) is 5.91 Å². The highest BCUT2D eigenvalue weighted by Crippen LogP contribution is 2.35. The summed E-state index contributed by atoms with van der Waals surface area (Å²) in [5.74, 6) is 0.894. The molecule has 0 saturated carbocycles. The van der Waals surface area contributed by atoms with E-state index in [-0.39, 0.29) is 5.91 Å². The van der Waals surface area contributed by atoms with Crippen molar-refractivity contribution in [1.29, 1.82) is 0 Å². The summed E-state index contributed by atoms with van der Waals surface area (Å²) in [6.45, 7) is 3.49. The summed E-state index contributed by atoms with van der Waals surface area (Å²) in [6, 6.07) is 12.7. The molecular formula is C28H28N6O4. The molecule has 10 heteroatoms. The molecule has 1 amide bonds. The summed E-state index contributed by atoms with van der Waals surface area (Å²) in [5, 5.41) is 4.83. The van der Waals surface area contributed by atoms with Gasteiger partial charge in [0.1, 0.15) is 11.4 Å². The van der Waals surface area contributed by atoms with Crippen LogP contribution in [0.3, 0.4) is 0 Å². The Hall–Kier alpha value is -4.18. The molecule has 2 unspecified atom stereocenters. The third-order valence-electron chi connectivity index (χ3n) is 8.03. The van der Waals surface area contributed by atoms with Crippen molar-refractivity contribution in [1.82, 2.24) is 24.9 Å². The number of carbonyl (C=O) groups excluding carboxylic acids is 1. The lowest BCUT2D eigenvalue weighted by molar-refractivity contribution is -0.132. The predicted octanol–water partition coefficient (Wildman–Crippen LogP) is 3.14. The van der Waals surface area contributed by atoms with E-state index in [1.54, 1.807) is 12.5 Å². The van der Waals surface area contributed by atoms with E-state index in [0.717, 1.165) is 61.2 Å². The maximum atomic E-state index is 13.2. The van der Waals surface area contributed by atoms with Gasteiger partial charge in [-0.05, 0) is 43.0 Å². The van der Waals surface area contributed by atoms with Crippen LogP contribution in [0.2, 0.25) is 0 Å². The number of carbonyl (C=O) groups is 1. The highest BCUT2D eigenvalue weighted by atomic mass is 16.5. The number of nitrogens with zero attached hydrogens (tertiary/aromatic N) is 5. The summed E-state index contributed by atoms with van der Waals surface area (Å²) < 4.78 is 10.3. The number of hydrogen-bond acceptors (Lipinski definition) is 8. The number of hydrogen-bond donors (Lipinski definition) is 1. The van der Waals surface area contributed by atoms with Crippen molar-refractivity contribution in [2.24, 2.45) is 0 Å². The summed E-state index contributed by atoms with van der Waals surface area (Å²) in [7, 11) is 0. The molecule has 7 rings (SSSR count). The van der Waals surface area contributed by atoms with Crippen LogP contribution in [0.25, 0.3) is 27.9 Å². The van der Waals surface area contributed by atoms with Gasteiger partial charge in [0.15, 0.2) is 5.82 Å². The molecule has 4 aromatic rings. The van der Waals surface area contributed by atoms with E-state index in [4.69, 9.17) is 4.42 Å². The number of para-hydroxylation sites is 1. The molecule has 38 heavy (non-hydrogen) atoms. The fourth-order valence-electron chi connectivity index (χ4n) is 6.20. The lowest BCUT2D eigenvalue weighted by Crippen LogP contribution is -2.56. The molecule has 10 nitrogen and oxygen atoms in total. The number of H-pyrrole nitrogens is 1. The number of aromatic nitrogens is 3. The van der Waals surface area contributed by atoms with Crippen LogP contribution in [0.1, 0.15) is 24.8 Å². The number of aromatic amines is 1. The molecule has 3 aliphatic heterocycles. The van der Waals surface area contributed by atoms with Gasteiger partial charge >= 0.3 is 5.76 Å². The Morgan fingerprint density at radius 3 is 2.68 bits per heavy atom. The van der Waals surface area contributed by atoms with Gasteiger partial charge in [0.05, 0.1) is 12.8 Å². The molecule has 2 bridgehead atoms. The van der Waals surface area contributed by atoms with E-state index in [9.17, 15) is 9.59 Å². The number of rotatable bonds is 5. The topological polar surface area (TPSA) is 112 Å². The molecule has 2 saturated heterocycles. The second-order valence-electron chi connectivity index (χ2n) is 10.3. The Kier molecular flexibility index (Phi) is 5.61. The molecule has 194 valence electrons. The summed E-state index contributed by atoms with van der Waals surface area (Å²) in [4.78, 5) is 38.3. The molecule has 0 radical (unpaired) electrons. The zero-order valence-electron chi connectivity index (χ0n) is 20.9. The van der Waals surface area contributed by atoms with Crippen molar-refractivity contribution in [2.45, 2.75) is 31.3 Å². The Labute approximate surface area is 218 Å². The largest absolute Gasteiger partial charge is 0.464 e. The number of amides is 1. The van der Waals surface area contributed by atoms with Crippen molar-refractivity contribution >= 4 is 28.3 Å². The average Bonchev–Trinajstić information content (AvgIpc) is 3.66. The maximum Gasteiger partial charge on any atom is 0.439 e. The van der Waals surface area contributed by atoms with Gasteiger partial charge in [-0.25, -0.2) is 9.78 Å². The van der Waals surface area contributed by atoms with Crippen LogP contribution in [-0.2, 0) is 4.79 Å². The van der Waals surface area contributed by atoms with Crippen LogP contribution < -0.4 is 10.7 Å². The number of benzene rings is 1. The predicted molar refractivity (Wildman–Crippen MR) is 141 cm³/mol. The summed E-state index contributed by atoms with van der Waals surface area (Å²) in [6.07, 6.45) is 8.61. The number of furan rings is 1. The van der Waals surface area contributed by atoms with Gasteiger partial charge in [0.25, 0.3) is 0 Å². The van der Waals surface area contributed by atoms with Gasteiger partial charge in [-0.1, -0.05) is 29.4 Å². The first-order valence-corrected chi connectivity index (χ1v) is 13.1. The van der Waals surface area contributed by atoms with Crippen LogP contribution in [-0.4, -0.2) is 75.6 Å². The van der Waals surface area contributed by atoms with Crippen molar-refractivity contribution in [3.63, 3.8) is 0 Å². The quantitative estimate of drug-likeness (QED) is 0.434. The van der Waals surface area contributed by atoms with Crippen LogP contribution in [0.5, 0.6) is 0 Å². The van der Waals surface area contributed by atoms with Gasteiger partial charge in [-0.3, -0.25) is 19.2 Å². The molecule has 0 spiro atoms. The third-order valence-corrected chi connectivity index (χ3v) is 8.03. The minimum absolute atomic E-state index is 0.188. The summed E-state index contributed by atoms with van der Waals surface area (Å²) >= 11 is 0. The maximum absolute atomic E-state index is 13.2. The van der Waals surface area contributed by atoms with Crippen LogP contribution in [0.4, 0.5) is 5.82 Å². The van der Waals surface area contributed by atoms with E-state index >= 15 is 0 Å². The van der Waals surface area contributed by atoms with E-state index in [0.29, 0.717) is 36.6 Å². The van der Waals surface area contributed by atoms with Crippen LogP contribution >= 0.6 is 0 Å². The number of fused-ring (bicyclic) bond motifs is 3. The molecule has 3 aromatic heterocycles. The minimum Gasteiger partial charge on any atom is -0.464 e. The molecule has 1 aromatic carbocycles. The van der Waals surface area contributed by atoms with E-state index in [1.165, 1.54) is 5.57 Å². The molecule has 2 fully saturated rings. The van der Waals surface area contributed by atoms with Gasteiger partial charge in [-0.2, -0.15) is 0 Å². The molecular weight excluding hydrogens is 484 g/mol. The number of piperazine rings is 1. The molecule has 6 heterocycles. The number of pyridine rings is 1. The smallest absolute Gasteiger partial charge is 0.439 e. The fraction of sp³-hybridized carbons (Fsp3) is 0.357. The van der Waals surface area contributed by atoms with E-state index in [2.05, 4.69) is 53.7 Å². The van der Waals surface area contributed by atoms with Gasteiger partial charge < -0.3 is 14.2 Å². The monoisotopic (exact) mass is 512 g/mol. The van der Waals surface area contributed by atoms with E-state index in [1.807, 2.05) is 23.1 Å². The first-order valence-electron chi connectivity index (χ1n) is 13.1. The zero-order valence-corrected chi connectivity index (χ0v) is 20.9. The number of likely N-dealkylation sites (tertiary alicyclic amines) is 1. The van der Waals surface area contributed by atoms with Gasteiger partial charge in [0, 0.05) is 61.0 Å². The van der Waals surface area contributed by atoms with E-state index < -0.39 is 5.76 Å². The number of anilines is 1. The standard InChI is InChI=1S/C28H28N6O4/c35-25(33-11-8-18(9-12-33)23-3-1-2-19-10-13-37-26(19)23)17-32-15-21-5-6-22(16-32)34(21)24-7-4-20(14-29-24)27-30-28(36)38-31-27/h1-4,7-8,10,13-14,21-22H,5-6,9,11-12,15-17H2,(H,30,31,36). The van der Waals surface area contributed by atoms with Crippen molar-refractivity contribution < 1.29 is 13.7 Å². The first-order chi connectivity index (χ1) is 18.6. The highest BCUT2D eigenvalue weighted by molar-refractivity contribution is 5.90. The average molecular weight is 513 g/mol. The Morgan fingerprint density at radius 1 is 1.11 bits per heavy atom. The lowest BCUT2D eigenvalue weighted by atomic mass is 9.98. The summed E-state index contributed by atoms with van der Waals surface area (Å²) in [5.41, 5.74) is 4.00. The zero-order chi connectivity index (χ0) is 25.6. The number of nitrogens with one attached hydrogen (secondary N) is 1. The van der Waals surface area contributed by atoms with Gasteiger partial charge in [-0.15, -0.1) is 0 Å². The third kappa shape index (κ3) is 4.10. The molecule has 2 atom stereocenters. The second kappa shape index (κ2) is 9.29. The van der Waals surface area contributed by atoms with Crippen molar-refractivity contribution in [3.05, 3.63) is 71.0 Å². The fourth-order valence-corrected chi connectivity index (χ4v) is 6.20. The normalized spacial score (nSPS) is 21.7. The van der Waals surface area contributed by atoms with Crippen molar-refractivity contribution in [2.75, 3.05) is 37.6 Å². The Morgan fingerprint density at radius 2 is 1.97 bits per heavy atom. The first kappa shape index (κ1) is 23.0. The second-order valence-corrected chi connectivity index (χ2v) is 10.3. The van der Waals surface area contributed by atoms with Crippen molar-refractivity contribution in [3.8, 4) is 11.4 Å². The molecule has 1 N–H and O–H groups in total. The molecule has 0 aliphatic carbocycles. The van der Waals surface area contributed by atoms with Crippen LogP contribution in [0, 0.1) is 0 Å². The Bertz CT molecular complexity index is 1550. The van der Waals surface area contributed by atoms with Crippen LogP contribution in [0.15, 0.2) is 68.7 Å². The Balaban J connectivity index is 0.980.